The van der Waals surface area contributed by atoms with Crippen LogP contribution in [0.25, 0.3) is 0 Å². The summed E-state index contributed by atoms with van der Waals surface area (Å²) in [5.74, 6) is 2.85. The van der Waals surface area contributed by atoms with E-state index in [1.165, 1.54) is 6.42 Å². The lowest BCUT2D eigenvalue weighted by atomic mass is 9.47. The predicted molar refractivity (Wildman–Crippen MR) is 121 cm³/mol. The molecule has 5 nitrogen and oxygen atoms in total. The SMILES string of the molecule is CCN1C(=O)C=C[C@@]2(C)C1CC[C@@H]1[C@H]2CC[C@]2(C)C(C(=O)Nc3ccccn3)CC[C@@H]12. The van der Waals surface area contributed by atoms with E-state index in [4.69, 9.17) is 0 Å². The molecule has 7 atom stereocenters. The largest absolute Gasteiger partial charge is 0.336 e. The number of nitrogens with one attached hydrogen (secondary N) is 1. The Morgan fingerprint density at radius 1 is 1.16 bits per heavy atom. The van der Waals surface area contributed by atoms with Crippen molar-refractivity contribution in [2.75, 3.05) is 11.9 Å². The second kappa shape index (κ2) is 7.46. The summed E-state index contributed by atoms with van der Waals surface area (Å²) in [6.45, 7) is 7.65. The van der Waals surface area contributed by atoms with Crippen LogP contribution in [0.2, 0.25) is 0 Å². The van der Waals surface area contributed by atoms with Gasteiger partial charge in [0.15, 0.2) is 0 Å². The van der Waals surface area contributed by atoms with Crippen molar-refractivity contribution in [1.82, 2.24) is 9.88 Å². The van der Waals surface area contributed by atoms with Gasteiger partial charge in [-0.1, -0.05) is 26.0 Å². The number of aromatic nitrogens is 1. The molecule has 2 unspecified atom stereocenters. The van der Waals surface area contributed by atoms with Crippen molar-refractivity contribution >= 4 is 17.6 Å². The van der Waals surface area contributed by atoms with Crippen LogP contribution in [0.3, 0.4) is 0 Å². The first kappa shape index (κ1) is 20.7. The Balaban J connectivity index is 1.38. The molecular formula is C26H35N3O2. The molecule has 5 rings (SSSR count). The zero-order valence-electron chi connectivity index (χ0n) is 19.0. The third kappa shape index (κ3) is 3.07. The number of anilines is 1. The first-order chi connectivity index (χ1) is 14.9. The van der Waals surface area contributed by atoms with Crippen molar-refractivity contribution in [3.05, 3.63) is 36.5 Å². The Hall–Kier alpha value is -2.17. The van der Waals surface area contributed by atoms with E-state index in [-0.39, 0.29) is 28.6 Å². The van der Waals surface area contributed by atoms with Gasteiger partial charge < -0.3 is 10.2 Å². The maximum Gasteiger partial charge on any atom is 0.246 e. The second-order valence-electron chi connectivity index (χ2n) is 10.7. The highest BCUT2D eigenvalue weighted by molar-refractivity contribution is 5.92. The lowest BCUT2D eigenvalue weighted by Gasteiger charge is -2.60. The summed E-state index contributed by atoms with van der Waals surface area (Å²) in [4.78, 5) is 32.1. The number of amides is 2. The van der Waals surface area contributed by atoms with E-state index in [2.05, 4.69) is 42.0 Å². The molecule has 2 amide bonds. The van der Waals surface area contributed by atoms with Gasteiger partial charge in [-0.25, -0.2) is 4.98 Å². The average Bonchev–Trinajstić information content (AvgIpc) is 3.12. The summed E-state index contributed by atoms with van der Waals surface area (Å²) < 4.78 is 0. The zero-order valence-corrected chi connectivity index (χ0v) is 19.0. The molecule has 1 aromatic rings. The summed E-state index contributed by atoms with van der Waals surface area (Å²) >= 11 is 0. The van der Waals surface area contributed by atoms with Gasteiger partial charge in [0.2, 0.25) is 11.8 Å². The molecule has 4 aliphatic rings. The monoisotopic (exact) mass is 421 g/mol. The van der Waals surface area contributed by atoms with Crippen molar-refractivity contribution in [3.63, 3.8) is 0 Å². The van der Waals surface area contributed by atoms with Crippen molar-refractivity contribution in [2.24, 2.45) is 34.5 Å². The number of nitrogens with zero attached hydrogens (tertiary/aromatic N) is 2. The summed E-state index contributed by atoms with van der Waals surface area (Å²) in [5.41, 5.74) is 0.115. The smallest absolute Gasteiger partial charge is 0.246 e. The van der Waals surface area contributed by atoms with Crippen LogP contribution in [0.1, 0.15) is 59.3 Å². The minimum atomic E-state index is 0.0570. The number of carbonyl (C=O) groups is 2. The van der Waals surface area contributed by atoms with Crippen molar-refractivity contribution in [1.29, 1.82) is 0 Å². The maximum atomic E-state index is 13.2. The quantitative estimate of drug-likeness (QED) is 0.772. The molecule has 166 valence electrons. The minimum absolute atomic E-state index is 0.0570. The second-order valence-corrected chi connectivity index (χ2v) is 10.7. The first-order valence-electron chi connectivity index (χ1n) is 12.1. The van der Waals surface area contributed by atoms with Crippen LogP contribution in [0.15, 0.2) is 36.5 Å². The fourth-order valence-electron chi connectivity index (χ4n) is 8.05. The molecule has 5 heteroatoms. The topological polar surface area (TPSA) is 62.3 Å². The molecule has 1 N–H and O–H groups in total. The highest BCUT2D eigenvalue weighted by atomic mass is 16.2. The lowest BCUT2D eigenvalue weighted by molar-refractivity contribution is -0.143. The molecule has 0 aromatic carbocycles. The Labute approximate surface area is 185 Å². The normalized spacial score (nSPS) is 41.3. The van der Waals surface area contributed by atoms with Crippen LogP contribution in [0.4, 0.5) is 5.82 Å². The van der Waals surface area contributed by atoms with Crippen LogP contribution in [0.5, 0.6) is 0 Å². The number of hydrogen-bond acceptors (Lipinski definition) is 3. The Kier molecular flexibility index (Phi) is 4.98. The molecule has 3 fully saturated rings. The average molecular weight is 422 g/mol. The van der Waals surface area contributed by atoms with E-state index in [1.807, 2.05) is 24.3 Å². The maximum absolute atomic E-state index is 13.2. The standard InChI is InChI=1S/C26H35N3O2/c1-4-29-21-11-8-17-18-9-10-20(24(31)28-22-7-5-6-16-27-22)25(18,2)14-12-19(17)26(21,3)15-13-23(29)30/h5-7,13,15-21H,4,8-12,14H2,1-3H3,(H,27,28,31)/t17-,18-,19+,20?,21?,25-,26+/m0/s1. The molecule has 1 aromatic heterocycles. The highest BCUT2D eigenvalue weighted by Crippen LogP contribution is 2.65. The van der Waals surface area contributed by atoms with E-state index in [0.29, 0.717) is 29.6 Å². The van der Waals surface area contributed by atoms with Crippen LogP contribution in [-0.2, 0) is 9.59 Å². The molecule has 3 aliphatic carbocycles. The van der Waals surface area contributed by atoms with Crippen LogP contribution in [-0.4, -0.2) is 34.3 Å². The van der Waals surface area contributed by atoms with E-state index in [0.717, 1.165) is 38.6 Å². The first-order valence-corrected chi connectivity index (χ1v) is 12.1. The Morgan fingerprint density at radius 3 is 2.74 bits per heavy atom. The third-order valence-corrected chi connectivity index (χ3v) is 9.55. The number of rotatable bonds is 3. The van der Waals surface area contributed by atoms with Crippen molar-refractivity contribution < 1.29 is 9.59 Å². The number of pyridine rings is 1. The summed E-state index contributed by atoms with van der Waals surface area (Å²) in [6, 6.07) is 5.97. The van der Waals surface area contributed by atoms with Gasteiger partial charge in [-0.15, -0.1) is 0 Å². The third-order valence-electron chi connectivity index (χ3n) is 9.55. The van der Waals surface area contributed by atoms with E-state index in [9.17, 15) is 9.59 Å². The molecule has 1 aliphatic heterocycles. The zero-order chi connectivity index (χ0) is 21.8. The molecular weight excluding hydrogens is 386 g/mol. The van der Waals surface area contributed by atoms with Crippen LogP contribution in [0, 0.1) is 34.5 Å². The summed E-state index contributed by atoms with van der Waals surface area (Å²) in [6.07, 6.45) is 12.4. The summed E-state index contributed by atoms with van der Waals surface area (Å²) in [7, 11) is 0. The fourth-order valence-corrected chi connectivity index (χ4v) is 8.05. The number of carbonyl (C=O) groups excluding carboxylic acids is 2. The Bertz CT molecular complexity index is 899. The van der Waals surface area contributed by atoms with Gasteiger partial charge in [0.05, 0.1) is 0 Å². The predicted octanol–water partition coefficient (Wildman–Crippen LogP) is 4.67. The van der Waals surface area contributed by atoms with E-state index < -0.39 is 0 Å². The molecule has 0 spiro atoms. The lowest BCUT2D eigenvalue weighted by Crippen LogP contribution is -2.60. The molecule has 2 heterocycles. The van der Waals surface area contributed by atoms with Crippen molar-refractivity contribution in [3.8, 4) is 0 Å². The molecule has 0 saturated heterocycles. The van der Waals surface area contributed by atoms with Gasteiger partial charge in [-0.3, -0.25) is 9.59 Å². The van der Waals surface area contributed by atoms with Gasteiger partial charge in [0.1, 0.15) is 5.82 Å². The van der Waals surface area contributed by atoms with E-state index in [1.54, 1.807) is 6.20 Å². The number of likely N-dealkylation sites (N-methyl/N-ethyl adjacent to an activating group) is 1. The molecule has 0 bridgehead atoms. The number of hydrogen-bond donors (Lipinski definition) is 1. The van der Waals surface area contributed by atoms with Gasteiger partial charge >= 0.3 is 0 Å². The van der Waals surface area contributed by atoms with Crippen LogP contribution >= 0.6 is 0 Å². The fraction of sp³-hybridized carbons (Fsp3) is 0.654. The minimum Gasteiger partial charge on any atom is -0.336 e. The van der Waals surface area contributed by atoms with Gasteiger partial charge in [0.25, 0.3) is 0 Å². The molecule has 31 heavy (non-hydrogen) atoms. The van der Waals surface area contributed by atoms with Crippen molar-refractivity contribution in [2.45, 2.75) is 65.3 Å². The number of fused-ring (bicyclic) bond motifs is 5. The Morgan fingerprint density at radius 2 is 2.00 bits per heavy atom. The molecule has 0 radical (unpaired) electrons. The molecule has 3 saturated carbocycles. The van der Waals surface area contributed by atoms with Gasteiger partial charge in [-0.05, 0) is 86.8 Å². The van der Waals surface area contributed by atoms with Gasteiger partial charge in [0, 0.05) is 30.1 Å². The van der Waals surface area contributed by atoms with Gasteiger partial charge in [-0.2, -0.15) is 0 Å². The highest BCUT2D eigenvalue weighted by Gasteiger charge is 2.61. The summed E-state index contributed by atoms with van der Waals surface area (Å²) in [5, 5.41) is 3.08. The van der Waals surface area contributed by atoms with Crippen LogP contribution < -0.4 is 5.32 Å². The van der Waals surface area contributed by atoms with E-state index >= 15 is 0 Å².